The molecule has 0 bridgehead atoms. The molecule has 106 valence electrons. The fourth-order valence-corrected chi connectivity index (χ4v) is 2.42. The van der Waals surface area contributed by atoms with Crippen molar-refractivity contribution in [2.45, 2.75) is 6.61 Å². The molecule has 0 aliphatic rings. The van der Waals surface area contributed by atoms with Crippen LogP contribution in [0, 0.1) is 0 Å². The summed E-state index contributed by atoms with van der Waals surface area (Å²) in [6.45, 7) is 0.420. The second-order valence-corrected chi connectivity index (χ2v) is 5.81. The molecule has 1 heterocycles. The number of hydrogen-bond donors (Lipinski definition) is 0. The molecular formula is C16H12BrClN2O. The molecule has 1 aromatic heterocycles. The normalized spacial score (nSPS) is 10.6. The van der Waals surface area contributed by atoms with Gasteiger partial charge in [-0.1, -0.05) is 45.7 Å². The molecule has 3 rings (SSSR count). The number of benzene rings is 2. The van der Waals surface area contributed by atoms with E-state index in [0.29, 0.717) is 17.4 Å². The van der Waals surface area contributed by atoms with E-state index in [1.807, 2.05) is 53.3 Å². The van der Waals surface area contributed by atoms with Crippen molar-refractivity contribution in [3.05, 3.63) is 76.0 Å². The minimum atomic E-state index is 0.420. The fourth-order valence-electron chi connectivity index (χ4n) is 1.91. The second-order valence-electron chi connectivity index (χ2n) is 4.49. The Bertz CT molecular complexity index is 743. The number of hydrogen-bond acceptors (Lipinski definition) is 2. The zero-order chi connectivity index (χ0) is 14.7. The molecule has 5 heteroatoms. The third-order valence-electron chi connectivity index (χ3n) is 2.94. The molecule has 0 radical (unpaired) electrons. The van der Waals surface area contributed by atoms with Gasteiger partial charge >= 0.3 is 0 Å². The Morgan fingerprint density at radius 2 is 1.95 bits per heavy atom. The molecule has 0 spiro atoms. The minimum Gasteiger partial charge on any atom is -0.487 e. The second kappa shape index (κ2) is 6.33. The fraction of sp³-hybridized carbons (Fsp3) is 0.0625. The Balaban J connectivity index is 1.72. The van der Waals surface area contributed by atoms with E-state index in [-0.39, 0.29) is 0 Å². The predicted octanol–water partition coefficient (Wildman–Crippen LogP) is 4.87. The highest BCUT2D eigenvalue weighted by Crippen LogP contribution is 2.28. The molecule has 0 amide bonds. The van der Waals surface area contributed by atoms with Crippen molar-refractivity contribution < 1.29 is 4.74 Å². The summed E-state index contributed by atoms with van der Waals surface area (Å²) in [4.78, 5) is 0. The molecule has 3 aromatic rings. The summed E-state index contributed by atoms with van der Waals surface area (Å²) >= 11 is 9.50. The van der Waals surface area contributed by atoms with Gasteiger partial charge in [0.05, 0.1) is 16.9 Å². The Kier molecular flexibility index (Phi) is 4.27. The number of aromatic nitrogens is 2. The Morgan fingerprint density at radius 1 is 1.14 bits per heavy atom. The average Bonchev–Trinajstić information content (AvgIpc) is 2.98. The summed E-state index contributed by atoms with van der Waals surface area (Å²) in [7, 11) is 0. The van der Waals surface area contributed by atoms with Gasteiger partial charge in [0.15, 0.2) is 0 Å². The van der Waals surface area contributed by atoms with E-state index >= 15 is 0 Å². The molecule has 0 aliphatic carbocycles. The van der Waals surface area contributed by atoms with Crippen molar-refractivity contribution in [2.75, 3.05) is 0 Å². The molecule has 0 aliphatic heterocycles. The average molecular weight is 364 g/mol. The van der Waals surface area contributed by atoms with E-state index in [0.717, 1.165) is 15.7 Å². The van der Waals surface area contributed by atoms with Crippen LogP contribution >= 0.6 is 27.5 Å². The van der Waals surface area contributed by atoms with Crippen LogP contribution in [0.4, 0.5) is 0 Å². The standard InChI is InChI=1S/C16H12BrClN2O/c17-13-6-7-15(18)16(8-13)21-11-12-9-19-20(10-12)14-4-2-1-3-5-14/h1-10H,11H2. The maximum Gasteiger partial charge on any atom is 0.139 e. The van der Waals surface area contributed by atoms with Gasteiger partial charge in [-0.3, -0.25) is 0 Å². The van der Waals surface area contributed by atoms with Gasteiger partial charge in [0.25, 0.3) is 0 Å². The number of para-hydroxylation sites is 1. The SMILES string of the molecule is Clc1ccc(Br)cc1OCc1cnn(-c2ccccc2)c1. The molecule has 0 unspecified atom stereocenters. The third-order valence-corrected chi connectivity index (χ3v) is 3.75. The van der Waals surface area contributed by atoms with Crippen LogP contribution in [-0.2, 0) is 6.61 Å². The summed E-state index contributed by atoms with van der Waals surface area (Å²) in [6, 6.07) is 15.5. The summed E-state index contributed by atoms with van der Waals surface area (Å²) in [5.41, 5.74) is 2.00. The Morgan fingerprint density at radius 3 is 2.76 bits per heavy atom. The van der Waals surface area contributed by atoms with Gasteiger partial charge in [0.2, 0.25) is 0 Å². The maximum absolute atomic E-state index is 6.10. The first-order valence-electron chi connectivity index (χ1n) is 6.39. The van der Waals surface area contributed by atoms with Crippen LogP contribution in [0.1, 0.15) is 5.56 Å². The van der Waals surface area contributed by atoms with Crippen LogP contribution in [0.3, 0.4) is 0 Å². The highest BCUT2D eigenvalue weighted by Gasteiger charge is 2.05. The molecule has 3 nitrogen and oxygen atoms in total. The third kappa shape index (κ3) is 3.46. The van der Waals surface area contributed by atoms with E-state index in [1.54, 1.807) is 12.3 Å². The molecule has 21 heavy (non-hydrogen) atoms. The van der Waals surface area contributed by atoms with Gasteiger partial charge in [-0.15, -0.1) is 0 Å². The first-order valence-corrected chi connectivity index (χ1v) is 7.56. The van der Waals surface area contributed by atoms with Crippen molar-refractivity contribution in [2.24, 2.45) is 0 Å². The summed E-state index contributed by atoms with van der Waals surface area (Å²) in [6.07, 6.45) is 3.74. The Hall–Kier alpha value is -1.78. The van der Waals surface area contributed by atoms with Gasteiger partial charge in [-0.25, -0.2) is 4.68 Å². The van der Waals surface area contributed by atoms with E-state index in [9.17, 15) is 0 Å². The van der Waals surface area contributed by atoms with E-state index in [2.05, 4.69) is 21.0 Å². The summed E-state index contributed by atoms with van der Waals surface area (Å²) in [5, 5.41) is 4.92. The highest BCUT2D eigenvalue weighted by molar-refractivity contribution is 9.10. The van der Waals surface area contributed by atoms with E-state index in [4.69, 9.17) is 16.3 Å². The van der Waals surface area contributed by atoms with Gasteiger partial charge in [0.1, 0.15) is 12.4 Å². The lowest BCUT2D eigenvalue weighted by Crippen LogP contribution is -1.95. The molecule has 0 atom stereocenters. The van der Waals surface area contributed by atoms with Gasteiger partial charge in [0, 0.05) is 16.2 Å². The number of halogens is 2. The lowest BCUT2D eigenvalue weighted by atomic mass is 10.3. The minimum absolute atomic E-state index is 0.420. The van der Waals surface area contributed by atoms with Gasteiger partial charge < -0.3 is 4.74 Å². The number of ether oxygens (including phenoxy) is 1. The maximum atomic E-state index is 6.10. The number of nitrogens with zero attached hydrogens (tertiary/aromatic N) is 2. The molecule has 0 saturated heterocycles. The quantitative estimate of drug-likeness (QED) is 0.661. The smallest absolute Gasteiger partial charge is 0.139 e. The predicted molar refractivity (Wildman–Crippen MR) is 87.0 cm³/mol. The van der Waals surface area contributed by atoms with Crippen LogP contribution in [-0.4, -0.2) is 9.78 Å². The first kappa shape index (κ1) is 14.2. The zero-order valence-corrected chi connectivity index (χ0v) is 13.4. The number of rotatable bonds is 4. The lowest BCUT2D eigenvalue weighted by Gasteiger charge is -2.07. The first-order chi connectivity index (χ1) is 10.2. The summed E-state index contributed by atoms with van der Waals surface area (Å²) < 4.78 is 8.49. The molecule has 2 aromatic carbocycles. The van der Waals surface area contributed by atoms with Crippen molar-refractivity contribution in [1.82, 2.24) is 9.78 Å². The lowest BCUT2D eigenvalue weighted by molar-refractivity contribution is 0.306. The van der Waals surface area contributed by atoms with Crippen molar-refractivity contribution >= 4 is 27.5 Å². The van der Waals surface area contributed by atoms with Crippen molar-refractivity contribution in [3.8, 4) is 11.4 Å². The molecule has 0 saturated carbocycles. The summed E-state index contributed by atoms with van der Waals surface area (Å²) in [5.74, 6) is 0.651. The Labute approximate surface area is 136 Å². The van der Waals surface area contributed by atoms with Crippen LogP contribution < -0.4 is 4.74 Å². The van der Waals surface area contributed by atoms with Crippen molar-refractivity contribution in [3.63, 3.8) is 0 Å². The van der Waals surface area contributed by atoms with Gasteiger partial charge in [-0.05, 0) is 30.3 Å². The zero-order valence-electron chi connectivity index (χ0n) is 11.0. The van der Waals surface area contributed by atoms with Crippen LogP contribution in [0.5, 0.6) is 5.75 Å². The molecule has 0 N–H and O–H groups in total. The van der Waals surface area contributed by atoms with E-state index in [1.165, 1.54) is 0 Å². The molecule has 0 fully saturated rings. The van der Waals surface area contributed by atoms with Crippen LogP contribution in [0.25, 0.3) is 5.69 Å². The van der Waals surface area contributed by atoms with E-state index < -0.39 is 0 Å². The topological polar surface area (TPSA) is 27.1 Å². The monoisotopic (exact) mass is 362 g/mol. The molecular weight excluding hydrogens is 352 g/mol. The largest absolute Gasteiger partial charge is 0.487 e. The van der Waals surface area contributed by atoms with Crippen LogP contribution in [0.15, 0.2) is 65.4 Å². The van der Waals surface area contributed by atoms with Gasteiger partial charge in [-0.2, -0.15) is 5.10 Å². The van der Waals surface area contributed by atoms with Crippen LogP contribution in [0.2, 0.25) is 5.02 Å². The highest BCUT2D eigenvalue weighted by atomic mass is 79.9. The van der Waals surface area contributed by atoms with Crippen molar-refractivity contribution in [1.29, 1.82) is 0 Å².